The minimum atomic E-state index is -0.680. The monoisotopic (exact) mass is 770 g/mol. The minimum Gasteiger partial charge on any atom is -0.481 e. The van der Waals surface area contributed by atoms with Crippen molar-refractivity contribution >= 4 is 17.9 Å². The van der Waals surface area contributed by atoms with Crippen molar-refractivity contribution in [1.29, 1.82) is 0 Å². The van der Waals surface area contributed by atoms with Gasteiger partial charge in [0.05, 0.1) is 50.0 Å². The lowest BCUT2D eigenvalue weighted by Gasteiger charge is -2.30. The highest BCUT2D eigenvalue weighted by atomic mass is 16.5. The van der Waals surface area contributed by atoms with E-state index in [1.54, 1.807) is 13.3 Å². The molecule has 0 spiro atoms. The Labute approximate surface area is 332 Å². The van der Waals surface area contributed by atoms with Crippen LogP contribution in [0.15, 0.2) is 79.3 Å². The normalized spacial score (nSPS) is 21.8. The fraction of sp³-hybridized carbons (Fsp3) is 0.409. The van der Waals surface area contributed by atoms with Gasteiger partial charge >= 0.3 is 6.09 Å². The Bertz CT molecular complexity index is 2200. The number of hydrogen-bond acceptors (Lipinski definition) is 8. The van der Waals surface area contributed by atoms with Crippen LogP contribution in [0.2, 0.25) is 0 Å². The summed E-state index contributed by atoms with van der Waals surface area (Å²) in [6.45, 7) is 4.85. The topological polar surface area (TPSA) is 167 Å². The zero-order chi connectivity index (χ0) is 39.6. The molecule has 5 aromatic rings. The second-order valence-electron chi connectivity index (χ2n) is 15.9. The average Bonchev–Trinajstić information content (AvgIpc) is 4.10. The standard InChI is InChI=1S/C44H50N8O5/c1-25(2)39(51-44(55)57-4)43(54)52-19-5-6-35(52)40-46-23-33(49-40)29-12-8-27(9-13-29)28-10-14-30(15-11-28)34-24-47-41(50-34)37-31-16-17-32(20-31)38(37)42(53)48-22-26-7-18-36(56-3)45-21-26/h7-15,18,21,23-25,31-32,35,37-39H,5-6,16-17,19-20,22H2,1-4H3,(H,46,49)(H,47,50)(H,48,53)(H,51,55)/t31?,32?,35-,37?,38?,39-/m0/s1. The first kappa shape index (κ1) is 37.9. The second-order valence-corrected chi connectivity index (χ2v) is 15.9. The van der Waals surface area contributed by atoms with Crippen LogP contribution in [0.25, 0.3) is 33.6 Å². The van der Waals surface area contributed by atoms with Crippen molar-refractivity contribution in [2.45, 2.75) is 70.5 Å². The summed E-state index contributed by atoms with van der Waals surface area (Å²) in [5, 5.41) is 5.88. The molecule has 4 heterocycles. The Hall–Kier alpha value is -5.98. The number of aromatic nitrogens is 5. The van der Waals surface area contributed by atoms with Crippen molar-refractivity contribution in [2.75, 3.05) is 20.8 Å². The summed E-state index contributed by atoms with van der Waals surface area (Å²) in [6, 6.07) is 19.7. The van der Waals surface area contributed by atoms with Crippen LogP contribution < -0.4 is 15.4 Å². The molecule has 2 aromatic carbocycles. The quantitative estimate of drug-likeness (QED) is 0.105. The van der Waals surface area contributed by atoms with Gasteiger partial charge in [-0.05, 0) is 77.7 Å². The highest BCUT2D eigenvalue weighted by Gasteiger charge is 2.52. The van der Waals surface area contributed by atoms with Crippen LogP contribution in [0.1, 0.15) is 75.1 Å². The number of imidazole rings is 2. The third kappa shape index (κ3) is 7.75. The molecule has 3 aliphatic rings. The number of alkyl carbamates (subject to hydrolysis) is 1. The van der Waals surface area contributed by atoms with Gasteiger partial charge in [0, 0.05) is 31.3 Å². The molecule has 57 heavy (non-hydrogen) atoms. The van der Waals surface area contributed by atoms with Crippen molar-refractivity contribution in [2.24, 2.45) is 23.7 Å². The molecule has 0 radical (unpaired) electrons. The van der Waals surface area contributed by atoms with Crippen molar-refractivity contribution < 1.29 is 23.9 Å². The molecule has 1 saturated heterocycles. The van der Waals surface area contributed by atoms with Crippen LogP contribution in [-0.4, -0.2) is 74.5 Å². The summed E-state index contributed by atoms with van der Waals surface area (Å²) < 4.78 is 9.92. The number of benzene rings is 2. The van der Waals surface area contributed by atoms with E-state index in [9.17, 15) is 14.4 Å². The Morgan fingerprint density at radius 1 is 0.789 bits per heavy atom. The molecule has 13 nitrogen and oxygen atoms in total. The van der Waals surface area contributed by atoms with E-state index in [0.717, 1.165) is 83.0 Å². The average molecular weight is 771 g/mol. The molecule has 3 amide bonds. The van der Waals surface area contributed by atoms with Crippen LogP contribution in [-0.2, 0) is 20.9 Å². The maximum atomic E-state index is 13.6. The summed E-state index contributed by atoms with van der Waals surface area (Å²) >= 11 is 0. The lowest BCUT2D eigenvalue weighted by Crippen LogP contribution is -2.51. The number of carbonyl (C=O) groups is 3. The molecule has 3 aromatic heterocycles. The van der Waals surface area contributed by atoms with Crippen LogP contribution >= 0.6 is 0 Å². The SMILES string of the molecule is COC(=O)N[C@H](C(=O)N1CCC[C@H]1c1ncc(-c2ccc(-c3ccc(-c4cnc(C5C6CCC(C6)C5C(=O)NCc5ccc(OC)nc5)[nH]4)cc3)cc2)[nH]1)C(C)C. The summed E-state index contributed by atoms with van der Waals surface area (Å²) in [4.78, 5) is 61.8. The fourth-order valence-electron chi connectivity index (χ4n) is 9.19. The van der Waals surface area contributed by atoms with Gasteiger partial charge in [-0.25, -0.2) is 19.7 Å². The van der Waals surface area contributed by atoms with Gasteiger partial charge in [-0.1, -0.05) is 68.4 Å². The Morgan fingerprint density at radius 2 is 1.42 bits per heavy atom. The first-order chi connectivity index (χ1) is 27.7. The number of ether oxygens (including phenoxy) is 2. The summed E-state index contributed by atoms with van der Waals surface area (Å²) in [6.07, 6.45) is 9.76. The Morgan fingerprint density at radius 3 is 2.04 bits per heavy atom. The van der Waals surface area contributed by atoms with Crippen LogP contribution in [0.4, 0.5) is 4.79 Å². The number of aromatic amines is 2. The number of nitrogens with one attached hydrogen (secondary N) is 4. The number of methoxy groups -OCH3 is 2. The summed E-state index contributed by atoms with van der Waals surface area (Å²) in [5.41, 5.74) is 6.96. The number of hydrogen-bond donors (Lipinski definition) is 4. The molecule has 2 saturated carbocycles. The Kier molecular flexibility index (Phi) is 10.8. The second kappa shape index (κ2) is 16.2. The number of rotatable bonds is 12. The molecule has 4 unspecified atom stereocenters. The highest BCUT2D eigenvalue weighted by Crippen LogP contribution is 2.56. The van der Waals surface area contributed by atoms with Crippen LogP contribution in [0.3, 0.4) is 0 Å². The lowest BCUT2D eigenvalue weighted by atomic mass is 9.78. The zero-order valence-electron chi connectivity index (χ0n) is 32.8. The third-order valence-corrected chi connectivity index (χ3v) is 12.2. The van der Waals surface area contributed by atoms with Gasteiger partial charge in [0.25, 0.3) is 0 Å². The van der Waals surface area contributed by atoms with Gasteiger partial charge in [0.2, 0.25) is 17.7 Å². The molecular weight excluding hydrogens is 721 g/mol. The largest absolute Gasteiger partial charge is 0.481 e. The van der Waals surface area contributed by atoms with E-state index in [2.05, 4.69) is 79.1 Å². The van der Waals surface area contributed by atoms with Crippen LogP contribution in [0, 0.1) is 23.7 Å². The van der Waals surface area contributed by atoms with E-state index in [1.165, 1.54) is 7.11 Å². The fourth-order valence-corrected chi connectivity index (χ4v) is 9.19. The van der Waals surface area contributed by atoms with E-state index in [4.69, 9.17) is 14.5 Å². The van der Waals surface area contributed by atoms with Crippen molar-refractivity contribution in [3.8, 4) is 39.5 Å². The zero-order valence-corrected chi connectivity index (χ0v) is 32.8. The number of pyridine rings is 1. The van der Waals surface area contributed by atoms with E-state index in [0.29, 0.717) is 30.8 Å². The highest BCUT2D eigenvalue weighted by molar-refractivity contribution is 5.86. The third-order valence-electron chi connectivity index (χ3n) is 12.2. The first-order valence-corrected chi connectivity index (χ1v) is 19.9. The van der Waals surface area contributed by atoms with Gasteiger partial charge in [0.1, 0.15) is 17.7 Å². The van der Waals surface area contributed by atoms with Crippen LogP contribution in [0.5, 0.6) is 5.88 Å². The Balaban J connectivity index is 0.910. The van der Waals surface area contributed by atoms with E-state index < -0.39 is 12.1 Å². The van der Waals surface area contributed by atoms with Gasteiger partial charge in [-0.15, -0.1) is 0 Å². The van der Waals surface area contributed by atoms with Crippen molar-refractivity contribution in [3.63, 3.8) is 0 Å². The molecule has 3 fully saturated rings. The molecule has 2 bridgehead atoms. The minimum absolute atomic E-state index is 0.0717. The lowest BCUT2D eigenvalue weighted by molar-refractivity contribution is -0.135. The van der Waals surface area contributed by atoms with Gasteiger partial charge in [-0.3, -0.25) is 9.59 Å². The number of carbonyl (C=O) groups excluding carboxylic acids is 3. The maximum absolute atomic E-state index is 13.6. The molecular formula is C44H50N8O5. The molecule has 8 rings (SSSR count). The summed E-state index contributed by atoms with van der Waals surface area (Å²) in [7, 11) is 2.88. The van der Waals surface area contributed by atoms with Crippen molar-refractivity contribution in [3.05, 3.63) is 96.5 Å². The molecule has 4 N–H and O–H groups in total. The number of nitrogens with zero attached hydrogens (tertiary/aromatic N) is 4. The molecule has 296 valence electrons. The molecule has 6 atom stereocenters. The summed E-state index contributed by atoms with van der Waals surface area (Å²) in [5.74, 6) is 2.83. The molecule has 2 aliphatic carbocycles. The maximum Gasteiger partial charge on any atom is 0.407 e. The predicted molar refractivity (Wildman–Crippen MR) is 215 cm³/mol. The van der Waals surface area contributed by atoms with E-state index >= 15 is 0 Å². The van der Waals surface area contributed by atoms with Gasteiger partial charge < -0.3 is 35.0 Å². The van der Waals surface area contributed by atoms with Gasteiger partial charge in [-0.2, -0.15) is 0 Å². The van der Waals surface area contributed by atoms with E-state index in [-0.39, 0.29) is 35.6 Å². The number of amides is 3. The molecule has 1 aliphatic heterocycles. The smallest absolute Gasteiger partial charge is 0.407 e. The number of likely N-dealkylation sites (tertiary alicyclic amines) is 1. The van der Waals surface area contributed by atoms with Gasteiger partial charge in [0.15, 0.2) is 0 Å². The number of H-pyrrole nitrogens is 2. The molecule has 13 heteroatoms. The first-order valence-electron chi connectivity index (χ1n) is 19.9. The number of fused-ring (bicyclic) bond motifs is 2. The van der Waals surface area contributed by atoms with E-state index in [1.807, 2.05) is 43.3 Å². The van der Waals surface area contributed by atoms with Crippen molar-refractivity contribution in [1.82, 2.24) is 40.5 Å². The predicted octanol–water partition coefficient (Wildman–Crippen LogP) is 7.03.